The van der Waals surface area contributed by atoms with E-state index >= 15 is 0 Å². The molecule has 0 aliphatic carbocycles. The number of rotatable bonds is 6. The molecule has 0 atom stereocenters. The number of methoxy groups -OCH3 is 3. The Morgan fingerprint density at radius 1 is 0.964 bits per heavy atom. The summed E-state index contributed by atoms with van der Waals surface area (Å²) in [6.45, 7) is 0. The van der Waals surface area contributed by atoms with E-state index in [9.17, 15) is 0 Å². The van der Waals surface area contributed by atoms with E-state index in [0.717, 1.165) is 27.7 Å². The van der Waals surface area contributed by atoms with E-state index < -0.39 is 0 Å². The molecule has 142 valence electrons. The molecular weight excluding hydrogens is 358 g/mol. The highest BCUT2D eigenvalue weighted by Gasteiger charge is 2.18. The minimum atomic E-state index is 0.452. The molecule has 0 spiro atoms. The lowest BCUT2D eigenvalue weighted by atomic mass is 10.0. The molecule has 0 amide bonds. The van der Waals surface area contributed by atoms with Gasteiger partial charge in [-0.05, 0) is 46.5 Å². The van der Waals surface area contributed by atoms with Crippen molar-refractivity contribution in [1.29, 1.82) is 0 Å². The van der Waals surface area contributed by atoms with Gasteiger partial charge in [-0.15, -0.1) is 10.2 Å². The predicted octanol–water partition coefficient (Wildman–Crippen LogP) is 3.30. The van der Waals surface area contributed by atoms with E-state index in [2.05, 4.69) is 37.7 Å². The zero-order valence-corrected chi connectivity index (χ0v) is 15.7. The van der Waals surface area contributed by atoms with Gasteiger partial charge in [0.2, 0.25) is 11.6 Å². The van der Waals surface area contributed by atoms with Crippen LogP contribution in [0.3, 0.4) is 0 Å². The lowest BCUT2D eigenvalue weighted by Gasteiger charge is -2.14. The van der Waals surface area contributed by atoms with E-state index in [-0.39, 0.29) is 0 Å². The fourth-order valence-corrected chi connectivity index (χ4v) is 3.12. The second-order valence-electron chi connectivity index (χ2n) is 6.02. The van der Waals surface area contributed by atoms with E-state index in [1.54, 1.807) is 21.3 Å². The molecule has 8 heteroatoms. The Hall–Kier alpha value is -3.81. The molecule has 0 radical (unpaired) electrons. The normalized spacial score (nSPS) is 11.6. The van der Waals surface area contributed by atoms with Gasteiger partial charge in [-0.2, -0.15) is 5.21 Å². The summed E-state index contributed by atoms with van der Waals surface area (Å²) in [5, 5.41) is 15.6. The summed E-state index contributed by atoms with van der Waals surface area (Å²) in [7, 11) is 4.73. The third-order valence-corrected chi connectivity index (χ3v) is 4.41. The highest BCUT2D eigenvalue weighted by atomic mass is 16.5. The van der Waals surface area contributed by atoms with Crippen LogP contribution < -0.4 is 14.2 Å². The molecule has 0 fully saturated rings. The highest BCUT2D eigenvalue weighted by molar-refractivity contribution is 5.92. The predicted molar refractivity (Wildman–Crippen MR) is 106 cm³/mol. The molecule has 0 unspecified atom stereocenters. The largest absolute Gasteiger partial charge is 0.493 e. The number of nitrogens with zero attached hydrogens (tertiary/aromatic N) is 3. The third kappa shape index (κ3) is 3.16. The van der Waals surface area contributed by atoms with E-state index in [1.807, 2.05) is 36.4 Å². The Morgan fingerprint density at radius 2 is 1.71 bits per heavy atom. The molecular formula is C20H19N5O3. The SMILES string of the molecule is COc1cc(/C(=C/c2cc3ccccc3[nH]2)c2nn[nH]n2)cc(OC)c1OC. The molecule has 4 aromatic rings. The van der Waals surface area contributed by atoms with Crippen LogP contribution in [0.25, 0.3) is 22.6 Å². The first kappa shape index (κ1) is 17.6. The first-order valence-electron chi connectivity index (χ1n) is 8.57. The van der Waals surface area contributed by atoms with E-state index in [1.165, 1.54) is 0 Å². The van der Waals surface area contributed by atoms with Gasteiger partial charge in [-0.3, -0.25) is 0 Å². The Morgan fingerprint density at radius 3 is 2.32 bits per heavy atom. The van der Waals surface area contributed by atoms with Crippen LogP contribution in [-0.4, -0.2) is 46.9 Å². The Balaban J connectivity index is 1.90. The van der Waals surface area contributed by atoms with Crippen LogP contribution in [0.5, 0.6) is 17.2 Å². The number of hydrogen-bond donors (Lipinski definition) is 2. The van der Waals surface area contributed by atoms with Crippen molar-refractivity contribution in [3.05, 3.63) is 59.5 Å². The van der Waals surface area contributed by atoms with Crippen molar-refractivity contribution in [3.63, 3.8) is 0 Å². The number of aromatic nitrogens is 5. The van der Waals surface area contributed by atoms with Gasteiger partial charge in [0, 0.05) is 16.8 Å². The summed E-state index contributed by atoms with van der Waals surface area (Å²) < 4.78 is 16.4. The van der Waals surface area contributed by atoms with Gasteiger partial charge in [0.25, 0.3) is 0 Å². The van der Waals surface area contributed by atoms with Crippen molar-refractivity contribution in [2.24, 2.45) is 0 Å². The average Bonchev–Trinajstić information content (AvgIpc) is 3.40. The number of aromatic amines is 2. The van der Waals surface area contributed by atoms with Crippen LogP contribution in [0.2, 0.25) is 0 Å². The molecule has 8 nitrogen and oxygen atoms in total. The number of H-pyrrole nitrogens is 2. The number of fused-ring (bicyclic) bond motifs is 1. The van der Waals surface area contributed by atoms with Gasteiger partial charge in [0.15, 0.2) is 11.5 Å². The summed E-state index contributed by atoms with van der Waals surface area (Å²) in [4.78, 5) is 3.39. The van der Waals surface area contributed by atoms with Crippen molar-refractivity contribution in [1.82, 2.24) is 25.6 Å². The topological polar surface area (TPSA) is 97.9 Å². The fraction of sp³-hybridized carbons (Fsp3) is 0.150. The van der Waals surface area contributed by atoms with Crippen LogP contribution >= 0.6 is 0 Å². The van der Waals surface area contributed by atoms with Crippen molar-refractivity contribution < 1.29 is 14.2 Å². The van der Waals surface area contributed by atoms with Crippen molar-refractivity contribution in [3.8, 4) is 17.2 Å². The molecule has 2 aromatic heterocycles. The maximum absolute atomic E-state index is 5.48. The van der Waals surface area contributed by atoms with Crippen molar-refractivity contribution in [2.45, 2.75) is 0 Å². The number of benzene rings is 2. The molecule has 0 saturated heterocycles. The van der Waals surface area contributed by atoms with Crippen molar-refractivity contribution in [2.75, 3.05) is 21.3 Å². The number of ether oxygens (including phenoxy) is 3. The lowest BCUT2D eigenvalue weighted by Crippen LogP contribution is -1.98. The molecule has 0 aliphatic heterocycles. The maximum atomic E-state index is 5.48. The molecule has 4 rings (SSSR count). The van der Waals surface area contributed by atoms with Crippen LogP contribution in [0.15, 0.2) is 42.5 Å². The fourth-order valence-electron chi connectivity index (χ4n) is 3.12. The number of tetrazole rings is 1. The summed E-state index contributed by atoms with van der Waals surface area (Å²) >= 11 is 0. The van der Waals surface area contributed by atoms with Gasteiger partial charge in [-0.25, -0.2) is 0 Å². The first-order valence-corrected chi connectivity index (χ1v) is 8.57. The third-order valence-electron chi connectivity index (χ3n) is 4.41. The minimum Gasteiger partial charge on any atom is -0.493 e. The maximum Gasteiger partial charge on any atom is 0.205 e. The lowest BCUT2D eigenvalue weighted by molar-refractivity contribution is 0.324. The summed E-state index contributed by atoms with van der Waals surface area (Å²) in [6.07, 6.45) is 1.96. The van der Waals surface area contributed by atoms with Gasteiger partial charge < -0.3 is 19.2 Å². The van der Waals surface area contributed by atoms with Gasteiger partial charge in [0.05, 0.1) is 21.3 Å². The molecule has 0 saturated carbocycles. The van der Waals surface area contributed by atoms with Gasteiger partial charge in [0.1, 0.15) is 0 Å². The molecule has 2 heterocycles. The van der Waals surface area contributed by atoms with Crippen LogP contribution in [-0.2, 0) is 0 Å². The Bertz CT molecular complexity index is 1070. The van der Waals surface area contributed by atoms with Gasteiger partial charge in [-0.1, -0.05) is 18.2 Å². The Kier molecular flexibility index (Phi) is 4.67. The van der Waals surface area contributed by atoms with Crippen LogP contribution in [0.1, 0.15) is 17.1 Å². The van der Waals surface area contributed by atoms with E-state index in [0.29, 0.717) is 23.1 Å². The standard InChI is InChI=1S/C20H19N5O3/c1-26-17-9-13(10-18(27-2)19(17)28-3)15(20-22-24-25-23-20)11-14-8-12-6-4-5-7-16(12)21-14/h4-11,21H,1-3H3,(H,22,23,24,25)/b15-11-. The molecule has 28 heavy (non-hydrogen) atoms. The summed E-state index contributed by atoms with van der Waals surface area (Å²) in [5.41, 5.74) is 3.51. The molecule has 0 aliphatic rings. The zero-order valence-electron chi connectivity index (χ0n) is 15.7. The van der Waals surface area contributed by atoms with Crippen LogP contribution in [0, 0.1) is 0 Å². The molecule has 0 bridgehead atoms. The summed E-state index contributed by atoms with van der Waals surface area (Å²) in [6, 6.07) is 13.8. The number of para-hydroxylation sites is 1. The van der Waals surface area contributed by atoms with Crippen molar-refractivity contribution >= 4 is 22.6 Å². The molecule has 2 aromatic carbocycles. The first-order chi connectivity index (χ1) is 13.7. The summed E-state index contributed by atoms with van der Waals surface area (Å²) in [5.74, 6) is 2.06. The van der Waals surface area contributed by atoms with Gasteiger partial charge >= 0.3 is 0 Å². The number of hydrogen-bond acceptors (Lipinski definition) is 6. The zero-order chi connectivity index (χ0) is 19.5. The van der Waals surface area contributed by atoms with E-state index in [4.69, 9.17) is 14.2 Å². The monoisotopic (exact) mass is 377 g/mol. The van der Waals surface area contributed by atoms with Crippen LogP contribution in [0.4, 0.5) is 0 Å². The second-order valence-corrected chi connectivity index (χ2v) is 6.02. The minimum absolute atomic E-state index is 0.452. The molecule has 2 N–H and O–H groups in total. The quantitative estimate of drug-likeness (QED) is 0.535. The smallest absolute Gasteiger partial charge is 0.205 e. The second kappa shape index (κ2) is 7.43. The highest BCUT2D eigenvalue weighted by Crippen LogP contribution is 2.41. The Labute approximate surface area is 161 Å². The number of nitrogens with one attached hydrogen (secondary N) is 2. The average molecular weight is 377 g/mol.